The number of carboxylic acids is 1. The maximum Gasteiger partial charge on any atom is 0.326 e. The molecule has 6 nitrogen and oxygen atoms in total. The van der Waals surface area contributed by atoms with Gasteiger partial charge in [-0.05, 0) is 5.92 Å². The summed E-state index contributed by atoms with van der Waals surface area (Å²) in [5.74, 6) is -2.16. The zero-order valence-electron chi connectivity index (χ0n) is 10.2. The minimum absolute atomic E-state index is 0.326. The number of halogens is 1. The SMILES string of the molecule is CC[C@H](C)[C@H](C(=O)O)N1CC(S(=O)(=O)F)CC1=O. The van der Waals surface area contributed by atoms with E-state index in [1.54, 1.807) is 13.8 Å². The molecule has 0 aliphatic carbocycles. The lowest BCUT2D eigenvalue weighted by atomic mass is 9.98. The molecule has 0 aromatic rings. The van der Waals surface area contributed by atoms with E-state index in [0.717, 1.165) is 4.90 Å². The molecule has 1 aliphatic rings. The van der Waals surface area contributed by atoms with Gasteiger partial charge in [0.25, 0.3) is 0 Å². The Morgan fingerprint density at radius 1 is 1.61 bits per heavy atom. The topological polar surface area (TPSA) is 91.8 Å². The third-order valence-corrected chi connectivity index (χ3v) is 4.40. The quantitative estimate of drug-likeness (QED) is 0.736. The summed E-state index contributed by atoms with van der Waals surface area (Å²) >= 11 is 0. The van der Waals surface area contributed by atoms with Gasteiger partial charge in [-0.15, -0.1) is 3.89 Å². The summed E-state index contributed by atoms with van der Waals surface area (Å²) in [5, 5.41) is 7.66. The average Bonchev–Trinajstić information content (AvgIpc) is 2.60. The van der Waals surface area contributed by atoms with Crippen LogP contribution in [0.1, 0.15) is 26.7 Å². The van der Waals surface area contributed by atoms with E-state index >= 15 is 0 Å². The Bertz CT molecular complexity index is 449. The lowest BCUT2D eigenvalue weighted by Gasteiger charge is -2.28. The van der Waals surface area contributed by atoms with Crippen molar-refractivity contribution in [1.82, 2.24) is 4.90 Å². The summed E-state index contributed by atoms with van der Waals surface area (Å²) in [6.45, 7) is 3.03. The highest BCUT2D eigenvalue weighted by Gasteiger charge is 2.44. The van der Waals surface area contributed by atoms with Crippen molar-refractivity contribution in [2.24, 2.45) is 5.92 Å². The number of amides is 1. The molecular formula is C10H16FNO5S. The molecule has 1 aliphatic heterocycles. The van der Waals surface area contributed by atoms with Crippen molar-refractivity contribution in [1.29, 1.82) is 0 Å². The van der Waals surface area contributed by atoms with Gasteiger partial charge in [-0.2, -0.15) is 8.42 Å². The Morgan fingerprint density at radius 2 is 2.17 bits per heavy atom. The van der Waals surface area contributed by atoms with Crippen LogP contribution in [-0.2, 0) is 19.8 Å². The molecule has 3 atom stereocenters. The minimum atomic E-state index is -4.82. The summed E-state index contributed by atoms with van der Waals surface area (Å²) in [6.07, 6.45) is 0.0346. The molecule has 104 valence electrons. The van der Waals surface area contributed by atoms with E-state index in [0.29, 0.717) is 6.42 Å². The molecule has 1 saturated heterocycles. The Kier molecular flexibility index (Phi) is 4.31. The van der Waals surface area contributed by atoms with Gasteiger partial charge in [0.15, 0.2) is 0 Å². The highest BCUT2D eigenvalue weighted by atomic mass is 32.3. The van der Waals surface area contributed by atoms with Crippen LogP contribution in [0.25, 0.3) is 0 Å². The van der Waals surface area contributed by atoms with E-state index in [1.807, 2.05) is 0 Å². The van der Waals surface area contributed by atoms with Crippen LogP contribution in [0, 0.1) is 5.92 Å². The highest BCUT2D eigenvalue weighted by molar-refractivity contribution is 7.87. The molecule has 1 N–H and O–H groups in total. The number of carbonyl (C=O) groups excluding carboxylic acids is 1. The van der Waals surface area contributed by atoms with E-state index in [9.17, 15) is 21.9 Å². The lowest BCUT2D eigenvalue weighted by molar-refractivity contribution is -0.150. The van der Waals surface area contributed by atoms with E-state index < -0.39 is 39.8 Å². The number of hydrogen-bond acceptors (Lipinski definition) is 4. The number of likely N-dealkylation sites (tertiary alicyclic amines) is 1. The first-order chi connectivity index (χ1) is 8.18. The molecule has 0 aromatic carbocycles. The fourth-order valence-electron chi connectivity index (χ4n) is 2.06. The molecule has 0 spiro atoms. The first kappa shape index (κ1) is 14.9. The van der Waals surface area contributed by atoms with E-state index in [-0.39, 0.29) is 12.5 Å². The third kappa shape index (κ3) is 2.98. The number of rotatable bonds is 5. The number of aliphatic carboxylic acids is 1. The molecule has 8 heteroatoms. The second kappa shape index (κ2) is 5.21. The molecule has 1 heterocycles. The zero-order valence-corrected chi connectivity index (χ0v) is 11.0. The van der Waals surface area contributed by atoms with Gasteiger partial charge >= 0.3 is 16.2 Å². The van der Waals surface area contributed by atoms with Gasteiger partial charge in [-0.3, -0.25) is 4.79 Å². The fraction of sp³-hybridized carbons (Fsp3) is 0.800. The number of carbonyl (C=O) groups is 2. The number of carboxylic acid groups (broad SMARTS) is 1. The van der Waals surface area contributed by atoms with Crippen LogP contribution in [0.3, 0.4) is 0 Å². The van der Waals surface area contributed by atoms with Crippen LogP contribution in [0.5, 0.6) is 0 Å². The lowest BCUT2D eigenvalue weighted by Crippen LogP contribution is -2.46. The summed E-state index contributed by atoms with van der Waals surface area (Å²) in [6, 6.07) is -1.10. The van der Waals surface area contributed by atoms with Gasteiger partial charge in [0.1, 0.15) is 11.3 Å². The summed E-state index contributed by atoms with van der Waals surface area (Å²) in [7, 11) is -4.82. The van der Waals surface area contributed by atoms with Crippen LogP contribution in [0.4, 0.5) is 3.89 Å². The molecule has 1 fully saturated rings. The van der Waals surface area contributed by atoms with Gasteiger partial charge < -0.3 is 10.0 Å². The molecule has 0 aromatic heterocycles. The Morgan fingerprint density at radius 3 is 2.50 bits per heavy atom. The van der Waals surface area contributed by atoms with Crippen LogP contribution < -0.4 is 0 Å². The van der Waals surface area contributed by atoms with Crippen molar-refractivity contribution in [2.45, 2.75) is 38.0 Å². The molecule has 18 heavy (non-hydrogen) atoms. The largest absolute Gasteiger partial charge is 0.480 e. The van der Waals surface area contributed by atoms with Gasteiger partial charge in [-0.25, -0.2) is 4.79 Å². The maximum absolute atomic E-state index is 12.8. The molecule has 1 rings (SSSR count). The molecule has 0 radical (unpaired) electrons. The average molecular weight is 281 g/mol. The summed E-state index contributed by atoms with van der Waals surface area (Å²) in [5.41, 5.74) is 0. The number of hydrogen-bond donors (Lipinski definition) is 1. The van der Waals surface area contributed by atoms with Crippen molar-refractivity contribution < 1.29 is 27.0 Å². The van der Waals surface area contributed by atoms with Crippen LogP contribution in [0.15, 0.2) is 0 Å². The molecule has 1 amide bonds. The van der Waals surface area contributed by atoms with Crippen molar-refractivity contribution in [3.05, 3.63) is 0 Å². The van der Waals surface area contributed by atoms with Crippen LogP contribution in [0.2, 0.25) is 0 Å². The van der Waals surface area contributed by atoms with Crippen LogP contribution in [-0.4, -0.2) is 48.1 Å². The van der Waals surface area contributed by atoms with Crippen molar-refractivity contribution in [2.75, 3.05) is 6.54 Å². The van der Waals surface area contributed by atoms with Crippen molar-refractivity contribution in [3.8, 4) is 0 Å². The second-order valence-corrected chi connectivity index (χ2v) is 6.13. The molecule has 1 unspecified atom stereocenters. The summed E-state index contributed by atoms with van der Waals surface area (Å²) < 4.78 is 34.4. The Hall–Kier alpha value is -1.18. The normalized spacial score (nSPS) is 24.1. The van der Waals surface area contributed by atoms with Gasteiger partial charge in [0, 0.05) is 13.0 Å². The first-order valence-electron chi connectivity index (χ1n) is 5.64. The molecular weight excluding hydrogens is 265 g/mol. The second-order valence-electron chi connectivity index (χ2n) is 4.52. The number of nitrogens with zero attached hydrogens (tertiary/aromatic N) is 1. The van der Waals surface area contributed by atoms with E-state index in [2.05, 4.69) is 0 Å². The predicted molar refractivity (Wildman–Crippen MR) is 61.0 cm³/mol. The third-order valence-electron chi connectivity index (χ3n) is 3.29. The Labute approximate surface area is 105 Å². The smallest absolute Gasteiger partial charge is 0.326 e. The van der Waals surface area contributed by atoms with Crippen molar-refractivity contribution >= 4 is 22.1 Å². The standard InChI is InChI=1S/C10H16FNO5S/c1-3-6(2)9(10(14)15)12-5-7(4-8(12)13)18(11,16)17/h6-7,9H,3-5H2,1-2H3,(H,14,15)/t6-,7?,9+/m0/s1. The molecule has 0 bridgehead atoms. The van der Waals surface area contributed by atoms with E-state index in [1.165, 1.54) is 0 Å². The highest BCUT2D eigenvalue weighted by Crippen LogP contribution is 2.25. The maximum atomic E-state index is 12.8. The zero-order chi connectivity index (χ0) is 14.1. The minimum Gasteiger partial charge on any atom is -0.480 e. The monoisotopic (exact) mass is 281 g/mol. The summed E-state index contributed by atoms with van der Waals surface area (Å²) in [4.78, 5) is 23.7. The van der Waals surface area contributed by atoms with Gasteiger partial charge in [0.05, 0.1) is 0 Å². The Balaban J connectivity index is 2.95. The van der Waals surface area contributed by atoms with Gasteiger partial charge in [-0.1, -0.05) is 20.3 Å². The van der Waals surface area contributed by atoms with E-state index in [4.69, 9.17) is 5.11 Å². The van der Waals surface area contributed by atoms with Crippen molar-refractivity contribution in [3.63, 3.8) is 0 Å². The van der Waals surface area contributed by atoms with Gasteiger partial charge in [0.2, 0.25) is 5.91 Å². The first-order valence-corrected chi connectivity index (χ1v) is 7.08. The predicted octanol–water partition coefficient (Wildman–Crippen LogP) is 0.386. The van der Waals surface area contributed by atoms with Crippen LogP contribution >= 0.6 is 0 Å². The fourth-order valence-corrected chi connectivity index (χ4v) is 2.74. The molecule has 0 saturated carbocycles.